The van der Waals surface area contributed by atoms with Crippen molar-refractivity contribution in [3.8, 4) is 0 Å². The lowest BCUT2D eigenvalue weighted by Crippen LogP contribution is -2.39. The van der Waals surface area contributed by atoms with Crippen LogP contribution < -0.4 is 5.32 Å². The van der Waals surface area contributed by atoms with Crippen LogP contribution >= 0.6 is 0 Å². The maximum atomic E-state index is 12.4. The molecule has 0 aliphatic rings. The average molecular weight is 314 g/mol. The number of halogens is 3. The Kier molecular flexibility index (Phi) is 5.54. The minimum atomic E-state index is -4.59. The number of aromatic nitrogens is 2. The molecule has 2 N–H and O–H groups in total. The summed E-state index contributed by atoms with van der Waals surface area (Å²) in [5.41, 5.74) is 0.312. The van der Waals surface area contributed by atoms with E-state index in [1.54, 1.807) is 0 Å². The number of alkyl halides is 3. The van der Waals surface area contributed by atoms with Gasteiger partial charge in [-0.05, 0) is 6.54 Å². The highest BCUT2D eigenvalue weighted by Crippen LogP contribution is 2.23. The van der Waals surface area contributed by atoms with Crippen LogP contribution in [0.5, 0.6) is 0 Å². The fourth-order valence-electron chi connectivity index (χ4n) is 1.60. The highest BCUT2D eigenvalue weighted by molar-refractivity contribution is 7.89. The average Bonchev–Trinajstić information content (AvgIpc) is 2.81. The summed E-state index contributed by atoms with van der Waals surface area (Å²) in [6.07, 6.45) is -3.30. The van der Waals surface area contributed by atoms with Crippen molar-refractivity contribution in [3.05, 3.63) is 11.8 Å². The number of hydrogen-bond donors (Lipinski definition) is 2. The molecule has 10 heteroatoms. The first-order valence-electron chi connectivity index (χ1n) is 6.02. The first kappa shape index (κ1) is 16.9. The van der Waals surface area contributed by atoms with Crippen molar-refractivity contribution in [1.29, 1.82) is 0 Å². The van der Waals surface area contributed by atoms with Crippen LogP contribution in [-0.4, -0.2) is 48.7 Å². The molecule has 1 aromatic heterocycles. The molecule has 0 amide bonds. The van der Waals surface area contributed by atoms with Gasteiger partial charge in [0, 0.05) is 18.7 Å². The number of hydrogen-bond acceptors (Lipinski definition) is 4. The summed E-state index contributed by atoms with van der Waals surface area (Å²) < 4.78 is 62.1. The lowest BCUT2D eigenvalue weighted by atomic mass is 10.3. The number of aromatic amines is 1. The fraction of sp³-hybridized carbons (Fsp3) is 0.700. The molecule has 1 aromatic rings. The summed E-state index contributed by atoms with van der Waals surface area (Å²) >= 11 is 0. The molecular weight excluding hydrogens is 297 g/mol. The van der Waals surface area contributed by atoms with Gasteiger partial charge in [0.25, 0.3) is 10.0 Å². The lowest BCUT2D eigenvalue weighted by molar-refractivity contribution is -0.135. The topological polar surface area (TPSA) is 78.1 Å². The molecule has 0 spiro atoms. The summed E-state index contributed by atoms with van der Waals surface area (Å²) in [7, 11) is -4.25. The normalized spacial score (nSPS) is 13.1. The largest absolute Gasteiger partial charge is 0.402 e. The molecule has 0 saturated carbocycles. The molecule has 0 atom stereocenters. The van der Waals surface area contributed by atoms with Gasteiger partial charge in [-0.2, -0.15) is 22.6 Å². The molecule has 0 aliphatic heterocycles. The van der Waals surface area contributed by atoms with Crippen LogP contribution in [0, 0.1) is 0 Å². The van der Waals surface area contributed by atoms with E-state index in [-0.39, 0.29) is 18.1 Å². The third kappa shape index (κ3) is 4.18. The van der Waals surface area contributed by atoms with Crippen molar-refractivity contribution in [2.75, 3.05) is 19.6 Å². The second-order valence-corrected chi connectivity index (χ2v) is 5.93. The van der Waals surface area contributed by atoms with Gasteiger partial charge in [0.2, 0.25) is 0 Å². The Balaban J connectivity index is 3.05. The van der Waals surface area contributed by atoms with Gasteiger partial charge in [-0.15, -0.1) is 0 Å². The zero-order valence-electron chi connectivity index (χ0n) is 11.2. The van der Waals surface area contributed by atoms with E-state index in [1.165, 1.54) is 13.1 Å². The van der Waals surface area contributed by atoms with Crippen LogP contribution in [0.2, 0.25) is 0 Å². The Morgan fingerprint density at radius 3 is 2.55 bits per heavy atom. The smallest absolute Gasteiger partial charge is 0.313 e. The van der Waals surface area contributed by atoms with E-state index in [9.17, 15) is 21.6 Å². The predicted molar refractivity (Wildman–Crippen MR) is 66.5 cm³/mol. The molecule has 0 bridgehead atoms. The number of H-pyrrole nitrogens is 1. The second-order valence-electron chi connectivity index (χ2n) is 4.05. The van der Waals surface area contributed by atoms with E-state index in [4.69, 9.17) is 0 Å². The third-order valence-electron chi connectivity index (χ3n) is 2.55. The molecule has 0 fully saturated rings. The Morgan fingerprint density at radius 2 is 2.05 bits per heavy atom. The van der Waals surface area contributed by atoms with Gasteiger partial charge in [-0.25, -0.2) is 8.42 Å². The van der Waals surface area contributed by atoms with Crippen molar-refractivity contribution >= 4 is 10.0 Å². The van der Waals surface area contributed by atoms with Crippen molar-refractivity contribution in [2.24, 2.45) is 0 Å². The number of nitrogens with one attached hydrogen (secondary N) is 2. The van der Waals surface area contributed by atoms with Gasteiger partial charge >= 0.3 is 6.18 Å². The first-order chi connectivity index (χ1) is 9.22. The molecule has 0 saturated heterocycles. The Hall–Kier alpha value is -1.13. The highest BCUT2D eigenvalue weighted by atomic mass is 32.2. The third-order valence-corrected chi connectivity index (χ3v) is 4.49. The minimum Gasteiger partial charge on any atom is -0.313 e. The Labute approximate surface area is 115 Å². The van der Waals surface area contributed by atoms with E-state index in [1.807, 2.05) is 6.92 Å². The standard InChI is InChI=1S/C10H17F3N4O2S/c1-3-14-5-8-6-15-16-9(8)20(18,19)17(4-2)7-10(11,12)13/h6,14H,3-5,7H2,1-2H3,(H,15,16). The number of nitrogens with zero attached hydrogens (tertiary/aromatic N) is 2. The molecular formula is C10H17F3N4O2S. The minimum absolute atomic E-state index is 0.213. The monoisotopic (exact) mass is 314 g/mol. The predicted octanol–water partition coefficient (Wildman–Crippen LogP) is 1.09. The van der Waals surface area contributed by atoms with Crippen LogP contribution in [0.4, 0.5) is 13.2 Å². The van der Waals surface area contributed by atoms with Crippen molar-refractivity contribution in [2.45, 2.75) is 31.6 Å². The summed E-state index contributed by atoms with van der Waals surface area (Å²) in [6, 6.07) is 0. The van der Waals surface area contributed by atoms with Crippen LogP contribution in [-0.2, 0) is 16.6 Å². The van der Waals surface area contributed by atoms with Crippen molar-refractivity contribution in [1.82, 2.24) is 19.8 Å². The zero-order valence-corrected chi connectivity index (χ0v) is 12.0. The summed E-state index contributed by atoms with van der Waals surface area (Å²) in [6.45, 7) is 2.20. The molecule has 0 aromatic carbocycles. The van der Waals surface area contributed by atoms with E-state index in [0.29, 0.717) is 16.4 Å². The molecule has 116 valence electrons. The number of sulfonamides is 1. The molecule has 0 aliphatic carbocycles. The molecule has 1 heterocycles. The lowest BCUT2D eigenvalue weighted by Gasteiger charge is -2.21. The second kappa shape index (κ2) is 6.55. The zero-order chi connectivity index (χ0) is 15.4. The maximum Gasteiger partial charge on any atom is 0.402 e. The van der Waals surface area contributed by atoms with Crippen LogP contribution in [0.1, 0.15) is 19.4 Å². The van der Waals surface area contributed by atoms with E-state index in [2.05, 4.69) is 15.5 Å². The molecule has 1 rings (SSSR count). The SMILES string of the molecule is CCNCc1cn[nH]c1S(=O)(=O)N(CC)CC(F)(F)F. The summed E-state index contributed by atoms with van der Waals surface area (Å²) in [5.74, 6) is 0. The van der Waals surface area contributed by atoms with Crippen molar-refractivity contribution < 1.29 is 21.6 Å². The number of rotatable bonds is 7. The van der Waals surface area contributed by atoms with E-state index >= 15 is 0 Å². The van der Waals surface area contributed by atoms with Gasteiger partial charge in [0.05, 0.1) is 6.20 Å². The van der Waals surface area contributed by atoms with Gasteiger partial charge < -0.3 is 5.32 Å². The van der Waals surface area contributed by atoms with Gasteiger partial charge in [-0.3, -0.25) is 5.10 Å². The van der Waals surface area contributed by atoms with Crippen molar-refractivity contribution in [3.63, 3.8) is 0 Å². The molecule has 20 heavy (non-hydrogen) atoms. The van der Waals surface area contributed by atoms with Crippen LogP contribution in [0.25, 0.3) is 0 Å². The molecule has 0 unspecified atom stereocenters. The van der Waals surface area contributed by atoms with Gasteiger partial charge in [0.1, 0.15) is 6.54 Å². The van der Waals surface area contributed by atoms with Crippen LogP contribution in [0.3, 0.4) is 0 Å². The van der Waals surface area contributed by atoms with E-state index in [0.717, 1.165) is 0 Å². The summed E-state index contributed by atoms with van der Waals surface area (Å²) in [4.78, 5) is 0. The molecule has 0 radical (unpaired) electrons. The fourth-order valence-corrected chi connectivity index (χ4v) is 3.14. The summed E-state index contributed by atoms with van der Waals surface area (Å²) in [5, 5.41) is 8.47. The Bertz CT molecular complexity index is 527. The molecule has 6 nitrogen and oxygen atoms in total. The van der Waals surface area contributed by atoms with Gasteiger partial charge in [0.15, 0.2) is 5.03 Å². The quantitative estimate of drug-likeness (QED) is 0.790. The van der Waals surface area contributed by atoms with Gasteiger partial charge in [-0.1, -0.05) is 13.8 Å². The van der Waals surface area contributed by atoms with E-state index < -0.39 is 22.7 Å². The maximum absolute atomic E-state index is 12.4. The van der Waals surface area contributed by atoms with Crippen LogP contribution in [0.15, 0.2) is 11.2 Å². The Morgan fingerprint density at radius 1 is 1.40 bits per heavy atom. The highest BCUT2D eigenvalue weighted by Gasteiger charge is 2.37. The first-order valence-corrected chi connectivity index (χ1v) is 7.46.